The van der Waals surface area contributed by atoms with Crippen LogP contribution in [0.2, 0.25) is 0 Å². The molecule has 1 amide bonds. The van der Waals surface area contributed by atoms with Gasteiger partial charge in [-0.25, -0.2) is 9.65 Å². The number of fused-ring (bicyclic) bond motifs is 1. The van der Waals surface area contributed by atoms with Crippen molar-refractivity contribution in [3.8, 4) is 6.07 Å². The van der Waals surface area contributed by atoms with Gasteiger partial charge in [-0.3, -0.25) is 34.0 Å². The number of rotatable bonds is 14. The topological polar surface area (TPSA) is 200 Å². The molecule has 2 N–H and O–H groups in total. The molecule has 17 heteroatoms. The average molecular weight is 638 g/mol. The maximum absolute atomic E-state index is 12.8. The number of imidazole rings is 1. The van der Waals surface area contributed by atoms with Gasteiger partial charge in [-0.1, -0.05) is 13.8 Å². The highest BCUT2D eigenvalue weighted by molar-refractivity contribution is 7.44. The molecule has 2 aromatic rings. The largest absolute Gasteiger partial charge is 0.456 e. The lowest BCUT2D eigenvalue weighted by atomic mass is 10.1. The standard InChI is InChI=1S/C27H40N7O9P/c1-14(2)24(37)31-27-30-23-20(25(38)32-27)29-13-33(23)26-22(42-18(8)36)21(41-17(7)35)19(43-26)12-40-44(39-11-9-10-28)34(15(3)4)16(5)6/h13-16,19,21-22,26H,9,11-12H2,1-8H3,(H2,30,31,32,37,38)/t19-,21-,22-,26-,44?/m1/s1. The van der Waals surface area contributed by atoms with E-state index in [9.17, 15) is 19.2 Å². The first-order valence-electron chi connectivity index (χ1n) is 14.2. The van der Waals surface area contributed by atoms with Crippen molar-refractivity contribution >= 4 is 43.5 Å². The molecule has 0 bridgehead atoms. The number of anilines is 1. The number of hydrogen-bond donors (Lipinski definition) is 2. The van der Waals surface area contributed by atoms with E-state index in [4.69, 9.17) is 28.5 Å². The lowest BCUT2D eigenvalue weighted by Gasteiger charge is -2.36. The highest BCUT2D eigenvalue weighted by Crippen LogP contribution is 2.47. The molecule has 1 saturated heterocycles. The number of nitrogens with one attached hydrogen (secondary N) is 2. The summed E-state index contributed by atoms with van der Waals surface area (Å²) in [5.74, 6) is -2.18. The second kappa shape index (κ2) is 15.5. The number of hydrogen-bond acceptors (Lipinski definition) is 13. The third-order valence-corrected chi connectivity index (χ3v) is 8.45. The van der Waals surface area contributed by atoms with Gasteiger partial charge >= 0.3 is 11.9 Å². The van der Waals surface area contributed by atoms with Gasteiger partial charge in [0.2, 0.25) is 11.9 Å². The Morgan fingerprint density at radius 1 is 1.11 bits per heavy atom. The zero-order valence-corrected chi connectivity index (χ0v) is 27.0. The molecule has 16 nitrogen and oxygen atoms in total. The number of H-pyrrole nitrogens is 1. The molecule has 5 atom stereocenters. The minimum atomic E-state index is -1.67. The molecule has 1 aliphatic heterocycles. The SMILES string of the molecule is CC(=O)O[C@@H]1[C@H](OC(C)=O)[C@@H](COP(OCCC#N)N(C(C)C)C(C)C)O[C@H]1n1cnc2c(=O)[nH]c(NC(=O)C(C)C)nc21. The van der Waals surface area contributed by atoms with Gasteiger partial charge in [-0.15, -0.1) is 0 Å². The van der Waals surface area contributed by atoms with E-state index >= 15 is 0 Å². The van der Waals surface area contributed by atoms with Crippen LogP contribution in [0, 0.1) is 17.2 Å². The van der Waals surface area contributed by atoms with Gasteiger partial charge in [0.15, 0.2) is 29.6 Å². The smallest absolute Gasteiger partial charge is 0.303 e. The molecule has 1 aliphatic rings. The van der Waals surface area contributed by atoms with E-state index in [0.29, 0.717) is 0 Å². The molecule has 0 spiro atoms. The summed E-state index contributed by atoms with van der Waals surface area (Å²) in [6, 6.07) is 2.11. The van der Waals surface area contributed by atoms with Crippen LogP contribution in [-0.2, 0) is 37.6 Å². The van der Waals surface area contributed by atoms with Crippen molar-refractivity contribution in [2.75, 3.05) is 18.5 Å². The van der Waals surface area contributed by atoms with Crippen LogP contribution < -0.4 is 10.9 Å². The van der Waals surface area contributed by atoms with Crippen LogP contribution in [0.1, 0.15) is 68.0 Å². The van der Waals surface area contributed by atoms with E-state index in [1.165, 1.54) is 24.7 Å². The maximum Gasteiger partial charge on any atom is 0.303 e. The van der Waals surface area contributed by atoms with Gasteiger partial charge in [-0.05, 0) is 27.7 Å². The molecule has 0 radical (unpaired) electrons. The molecule has 1 fully saturated rings. The number of amides is 1. The quantitative estimate of drug-likeness (QED) is 0.174. The average Bonchev–Trinajstić information content (AvgIpc) is 3.47. The van der Waals surface area contributed by atoms with E-state index in [1.807, 2.05) is 38.4 Å². The molecule has 0 aromatic carbocycles. The molecule has 0 aliphatic carbocycles. The molecule has 0 saturated carbocycles. The molecule has 2 aromatic heterocycles. The van der Waals surface area contributed by atoms with E-state index in [0.717, 1.165) is 0 Å². The number of carbonyl (C=O) groups is 3. The Bertz CT molecular complexity index is 1410. The Morgan fingerprint density at radius 3 is 2.32 bits per heavy atom. The second-order valence-electron chi connectivity index (χ2n) is 10.9. The zero-order chi connectivity index (χ0) is 32.7. The summed E-state index contributed by atoms with van der Waals surface area (Å²) in [6.07, 6.45) is -2.97. The van der Waals surface area contributed by atoms with Gasteiger partial charge in [0.1, 0.15) is 6.10 Å². The molecular formula is C27H40N7O9P. The molecule has 3 heterocycles. The third-order valence-electron chi connectivity index (χ3n) is 6.37. The number of aromatic nitrogens is 4. The lowest BCUT2D eigenvalue weighted by molar-refractivity contribution is -0.165. The van der Waals surface area contributed by atoms with Crippen LogP contribution in [0.4, 0.5) is 5.95 Å². The van der Waals surface area contributed by atoms with E-state index in [-0.39, 0.29) is 60.7 Å². The van der Waals surface area contributed by atoms with E-state index < -0.39 is 50.6 Å². The number of carbonyl (C=O) groups excluding carboxylic acids is 3. The van der Waals surface area contributed by atoms with Crippen molar-refractivity contribution in [1.82, 2.24) is 24.2 Å². The Labute approximate surface area is 256 Å². The molecule has 1 unspecified atom stereocenters. The lowest BCUT2D eigenvalue weighted by Crippen LogP contribution is -2.41. The number of esters is 2. The Kier molecular flexibility index (Phi) is 12.3. The van der Waals surface area contributed by atoms with Gasteiger partial charge in [-0.2, -0.15) is 10.2 Å². The fourth-order valence-electron chi connectivity index (χ4n) is 4.60. The van der Waals surface area contributed by atoms with Crippen LogP contribution >= 0.6 is 8.53 Å². The minimum Gasteiger partial charge on any atom is -0.456 e. The number of ether oxygens (including phenoxy) is 3. The summed E-state index contributed by atoms with van der Waals surface area (Å²) in [5.41, 5.74) is -0.639. The van der Waals surface area contributed by atoms with Crippen molar-refractivity contribution in [3.63, 3.8) is 0 Å². The normalized spacial score (nSPS) is 20.8. The fourth-order valence-corrected chi connectivity index (χ4v) is 6.22. The fraction of sp³-hybridized carbons (Fsp3) is 0.667. The van der Waals surface area contributed by atoms with Crippen LogP contribution in [0.5, 0.6) is 0 Å². The van der Waals surface area contributed by atoms with Gasteiger partial charge in [0, 0.05) is 31.8 Å². The van der Waals surface area contributed by atoms with Crippen LogP contribution in [0.3, 0.4) is 0 Å². The zero-order valence-electron chi connectivity index (χ0n) is 26.1. The van der Waals surface area contributed by atoms with Crippen LogP contribution in [0.25, 0.3) is 11.2 Å². The number of nitriles is 1. The van der Waals surface area contributed by atoms with Gasteiger partial charge < -0.3 is 23.3 Å². The molecule has 44 heavy (non-hydrogen) atoms. The van der Waals surface area contributed by atoms with Crippen LogP contribution in [0.15, 0.2) is 11.1 Å². The van der Waals surface area contributed by atoms with Crippen molar-refractivity contribution < 1.29 is 37.6 Å². The highest BCUT2D eigenvalue weighted by atomic mass is 31.2. The monoisotopic (exact) mass is 637 g/mol. The minimum absolute atomic E-state index is 0.0327. The summed E-state index contributed by atoms with van der Waals surface area (Å²) in [5, 5.41) is 11.6. The maximum atomic E-state index is 12.8. The summed E-state index contributed by atoms with van der Waals surface area (Å²) in [6.45, 7) is 13.7. The predicted molar refractivity (Wildman–Crippen MR) is 158 cm³/mol. The Hall–Kier alpha value is -3.48. The number of nitrogens with zero attached hydrogens (tertiary/aromatic N) is 5. The highest BCUT2D eigenvalue weighted by Gasteiger charge is 2.51. The second-order valence-corrected chi connectivity index (χ2v) is 12.4. The van der Waals surface area contributed by atoms with Crippen molar-refractivity contribution in [2.24, 2.45) is 5.92 Å². The Morgan fingerprint density at radius 2 is 1.75 bits per heavy atom. The summed E-state index contributed by atoms with van der Waals surface area (Å²) in [7, 11) is -1.67. The first-order chi connectivity index (χ1) is 20.7. The number of aromatic amines is 1. The molecule has 3 rings (SSSR count). The summed E-state index contributed by atoms with van der Waals surface area (Å²) >= 11 is 0. The van der Waals surface area contributed by atoms with Gasteiger partial charge in [0.05, 0.1) is 32.0 Å². The molecular weight excluding hydrogens is 597 g/mol. The Balaban J connectivity index is 2.01. The van der Waals surface area contributed by atoms with Gasteiger partial charge in [0.25, 0.3) is 14.1 Å². The third kappa shape index (κ3) is 8.58. The predicted octanol–water partition coefficient (Wildman–Crippen LogP) is 2.77. The van der Waals surface area contributed by atoms with Crippen LogP contribution in [-0.4, -0.2) is 85.6 Å². The summed E-state index contributed by atoms with van der Waals surface area (Å²) < 4.78 is 33.1. The summed E-state index contributed by atoms with van der Waals surface area (Å²) in [4.78, 5) is 60.5. The van der Waals surface area contributed by atoms with E-state index in [2.05, 4.69) is 20.3 Å². The first-order valence-corrected chi connectivity index (χ1v) is 15.4. The first kappa shape index (κ1) is 35.0. The van der Waals surface area contributed by atoms with E-state index in [1.54, 1.807) is 13.8 Å². The molecule has 242 valence electrons. The van der Waals surface area contributed by atoms with Crippen molar-refractivity contribution in [1.29, 1.82) is 5.26 Å². The van der Waals surface area contributed by atoms with Crippen molar-refractivity contribution in [3.05, 3.63) is 16.7 Å². The van der Waals surface area contributed by atoms with Crippen molar-refractivity contribution in [2.45, 2.75) is 98.4 Å².